The monoisotopic (exact) mass is 211 g/mol. The highest BCUT2D eigenvalue weighted by Gasteiger charge is 2.33. The fraction of sp³-hybridized carbons (Fsp3) is 0.800. The molecule has 15 heavy (non-hydrogen) atoms. The van der Waals surface area contributed by atoms with Crippen molar-refractivity contribution in [1.82, 2.24) is 10.1 Å². The first-order valence-corrected chi connectivity index (χ1v) is 5.37. The van der Waals surface area contributed by atoms with Crippen molar-refractivity contribution in [3.63, 3.8) is 0 Å². The van der Waals surface area contributed by atoms with Gasteiger partial charge in [0.1, 0.15) is 6.10 Å². The molecule has 1 aromatic rings. The third kappa shape index (κ3) is 2.03. The zero-order valence-corrected chi connectivity index (χ0v) is 9.14. The van der Waals surface area contributed by atoms with Crippen molar-refractivity contribution in [2.75, 3.05) is 13.2 Å². The summed E-state index contributed by atoms with van der Waals surface area (Å²) in [6.07, 6.45) is 0.871. The first kappa shape index (κ1) is 10.6. The van der Waals surface area contributed by atoms with Crippen LogP contribution in [0, 0.1) is 5.92 Å². The van der Waals surface area contributed by atoms with Crippen LogP contribution in [0.1, 0.15) is 44.0 Å². The molecule has 1 aliphatic heterocycles. The Morgan fingerprint density at radius 2 is 2.33 bits per heavy atom. The van der Waals surface area contributed by atoms with E-state index in [1.165, 1.54) is 0 Å². The van der Waals surface area contributed by atoms with Gasteiger partial charge in [0.2, 0.25) is 0 Å². The van der Waals surface area contributed by atoms with Gasteiger partial charge in [-0.15, -0.1) is 0 Å². The second-order valence-corrected chi connectivity index (χ2v) is 4.22. The van der Waals surface area contributed by atoms with Crippen LogP contribution in [-0.4, -0.2) is 23.3 Å². The smallest absolute Gasteiger partial charge is 0.256 e. The van der Waals surface area contributed by atoms with Crippen molar-refractivity contribution in [3.05, 3.63) is 11.7 Å². The Bertz CT molecular complexity index is 324. The second kappa shape index (κ2) is 4.28. The van der Waals surface area contributed by atoms with E-state index < -0.39 is 0 Å². The molecule has 2 heterocycles. The van der Waals surface area contributed by atoms with Gasteiger partial charge in [0.05, 0.1) is 0 Å². The molecule has 0 radical (unpaired) electrons. The van der Waals surface area contributed by atoms with E-state index in [0.29, 0.717) is 18.4 Å². The van der Waals surface area contributed by atoms with Crippen LogP contribution in [0.3, 0.4) is 0 Å². The van der Waals surface area contributed by atoms with Gasteiger partial charge in [-0.25, -0.2) is 0 Å². The Hall–Kier alpha value is -0.940. The normalized spacial score (nSPS) is 26.4. The minimum Gasteiger partial charge on any atom is -0.368 e. The average Bonchev–Trinajstić information content (AvgIpc) is 2.85. The molecular formula is C10H17N3O2. The van der Waals surface area contributed by atoms with E-state index in [2.05, 4.69) is 10.1 Å². The highest BCUT2D eigenvalue weighted by atomic mass is 16.5. The summed E-state index contributed by atoms with van der Waals surface area (Å²) in [6.45, 7) is 5.39. The van der Waals surface area contributed by atoms with Crippen LogP contribution in [-0.2, 0) is 4.74 Å². The van der Waals surface area contributed by atoms with E-state index in [0.717, 1.165) is 18.9 Å². The molecule has 1 saturated heterocycles. The number of nitrogens with zero attached hydrogens (tertiary/aromatic N) is 2. The topological polar surface area (TPSA) is 74.2 Å². The third-order valence-corrected chi connectivity index (χ3v) is 2.73. The summed E-state index contributed by atoms with van der Waals surface area (Å²) in [5, 5.41) is 3.92. The number of ether oxygens (including phenoxy) is 1. The predicted molar refractivity (Wildman–Crippen MR) is 54.2 cm³/mol. The standard InChI is InChI=1S/C10H17N3O2/c1-6(2)9-12-10(15-13-9)8-7(5-11)3-4-14-8/h6-8H,3-5,11H2,1-2H3. The van der Waals surface area contributed by atoms with Crippen LogP contribution in [0.5, 0.6) is 0 Å². The van der Waals surface area contributed by atoms with E-state index in [1.807, 2.05) is 13.8 Å². The molecule has 0 aliphatic carbocycles. The maximum atomic E-state index is 5.66. The van der Waals surface area contributed by atoms with Gasteiger partial charge in [-0.2, -0.15) is 4.98 Å². The van der Waals surface area contributed by atoms with Crippen molar-refractivity contribution < 1.29 is 9.26 Å². The zero-order valence-electron chi connectivity index (χ0n) is 9.14. The molecule has 5 nitrogen and oxygen atoms in total. The van der Waals surface area contributed by atoms with Crippen LogP contribution >= 0.6 is 0 Å². The van der Waals surface area contributed by atoms with E-state index in [9.17, 15) is 0 Å². The minimum atomic E-state index is -0.102. The Balaban J connectivity index is 2.14. The molecule has 0 bridgehead atoms. The Kier molecular flexibility index (Phi) is 3.02. The van der Waals surface area contributed by atoms with Crippen molar-refractivity contribution in [1.29, 1.82) is 0 Å². The lowest BCUT2D eigenvalue weighted by atomic mass is 10.0. The fourth-order valence-corrected chi connectivity index (χ4v) is 1.75. The van der Waals surface area contributed by atoms with E-state index in [1.54, 1.807) is 0 Å². The van der Waals surface area contributed by atoms with Crippen LogP contribution < -0.4 is 5.73 Å². The van der Waals surface area contributed by atoms with E-state index in [-0.39, 0.29) is 12.0 Å². The van der Waals surface area contributed by atoms with E-state index >= 15 is 0 Å². The first-order chi connectivity index (χ1) is 7.22. The SMILES string of the molecule is CC(C)c1noc(C2OCCC2CN)n1. The molecule has 0 aromatic carbocycles. The van der Waals surface area contributed by atoms with Gasteiger partial charge in [0, 0.05) is 18.4 Å². The van der Waals surface area contributed by atoms with Crippen LogP contribution in [0.2, 0.25) is 0 Å². The van der Waals surface area contributed by atoms with Crippen LogP contribution in [0.15, 0.2) is 4.52 Å². The van der Waals surface area contributed by atoms with Gasteiger partial charge in [-0.3, -0.25) is 0 Å². The Morgan fingerprint density at radius 3 is 2.93 bits per heavy atom. The largest absolute Gasteiger partial charge is 0.368 e. The second-order valence-electron chi connectivity index (χ2n) is 4.22. The number of hydrogen-bond donors (Lipinski definition) is 1. The average molecular weight is 211 g/mol. The zero-order chi connectivity index (χ0) is 10.8. The molecule has 0 spiro atoms. The number of aromatic nitrogens is 2. The number of rotatable bonds is 3. The van der Waals surface area contributed by atoms with Gasteiger partial charge in [0.15, 0.2) is 5.82 Å². The van der Waals surface area contributed by atoms with Gasteiger partial charge in [-0.1, -0.05) is 19.0 Å². The van der Waals surface area contributed by atoms with Crippen molar-refractivity contribution in [3.8, 4) is 0 Å². The van der Waals surface area contributed by atoms with Gasteiger partial charge in [-0.05, 0) is 13.0 Å². The summed E-state index contributed by atoms with van der Waals surface area (Å²) in [7, 11) is 0. The van der Waals surface area contributed by atoms with Crippen LogP contribution in [0.4, 0.5) is 0 Å². The van der Waals surface area contributed by atoms with Crippen molar-refractivity contribution in [2.24, 2.45) is 11.7 Å². The molecule has 0 amide bonds. The molecule has 2 rings (SSSR count). The Labute approximate surface area is 89.0 Å². The summed E-state index contributed by atoms with van der Waals surface area (Å²) in [4.78, 5) is 4.33. The summed E-state index contributed by atoms with van der Waals surface area (Å²) in [5.74, 6) is 1.90. The summed E-state index contributed by atoms with van der Waals surface area (Å²) >= 11 is 0. The first-order valence-electron chi connectivity index (χ1n) is 5.37. The highest BCUT2D eigenvalue weighted by Crippen LogP contribution is 2.33. The molecule has 5 heteroatoms. The lowest BCUT2D eigenvalue weighted by molar-refractivity contribution is 0.0642. The fourth-order valence-electron chi connectivity index (χ4n) is 1.75. The van der Waals surface area contributed by atoms with Crippen molar-refractivity contribution >= 4 is 0 Å². The lowest BCUT2D eigenvalue weighted by Gasteiger charge is -2.11. The highest BCUT2D eigenvalue weighted by molar-refractivity contribution is 4.97. The molecular weight excluding hydrogens is 194 g/mol. The summed E-state index contributed by atoms with van der Waals surface area (Å²) < 4.78 is 10.8. The predicted octanol–water partition coefficient (Wildman–Crippen LogP) is 1.23. The molecule has 0 saturated carbocycles. The quantitative estimate of drug-likeness (QED) is 0.813. The summed E-state index contributed by atoms with van der Waals surface area (Å²) in [5.41, 5.74) is 5.66. The number of hydrogen-bond acceptors (Lipinski definition) is 5. The van der Waals surface area contributed by atoms with Crippen LogP contribution in [0.25, 0.3) is 0 Å². The maximum Gasteiger partial charge on any atom is 0.256 e. The molecule has 1 fully saturated rings. The molecule has 84 valence electrons. The number of nitrogens with two attached hydrogens (primary N) is 1. The van der Waals surface area contributed by atoms with Gasteiger partial charge in [0.25, 0.3) is 5.89 Å². The van der Waals surface area contributed by atoms with Gasteiger partial charge < -0.3 is 15.0 Å². The molecule has 2 unspecified atom stereocenters. The van der Waals surface area contributed by atoms with E-state index in [4.69, 9.17) is 15.0 Å². The molecule has 1 aromatic heterocycles. The van der Waals surface area contributed by atoms with Gasteiger partial charge >= 0.3 is 0 Å². The third-order valence-electron chi connectivity index (χ3n) is 2.73. The maximum absolute atomic E-state index is 5.66. The lowest BCUT2D eigenvalue weighted by Crippen LogP contribution is -2.18. The minimum absolute atomic E-state index is 0.102. The van der Waals surface area contributed by atoms with Crippen molar-refractivity contribution in [2.45, 2.75) is 32.3 Å². The summed E-state index contributed by atoms with van der Waals surface area (Å²) in [6, 6.07) is 0. The molecule has 2 N–H and O–H groups in total. The molecule has 1 aliphatic rings. The molecule has 2 atom stereocenters. The Morgan fingerprint density at radius 1 is 1.53 bits per heavy atom.